The quantitative estimate of drug-likeness (QED) is 0.0262. The molecule has 0 aliphatic rings. The van der Waals surface area contributed by atoms with Crippen LogP contribution in [0.3, 0.4) is 0 Å². The highest BCUT2D eigenvalue weighted by atomic mass is 16.6. The number of esters is 3. The number of allylic oxidation sites excluding steroid dienone is 6. The van der Waals surface area contributed by atoms with Gasteiger partial charge < -0.3 is 14.2 Å². The van der Waals surface area contributed by atoms with Crippen molar-refractivity contribution in [2.24, 2.45) is 0 Å². The zero-order chi connectivity index (χ0) is 47.9. The molecule has 0 N–H and O–H groups in total. The number of ether oxygens (including phenoxy) is 3. The smallest absolute Gasteiger partial charge is 0.306 e. The Labute approximate surface area is 410 Å². The van der Waals surface area contributed by atoms with Crippen LogP contribution < -0.4 is 0 Å². The summed E-state index contributed by atoms with van der Waals surface area (Å²) in [7, 11) is 0. The Balaban J connectivity index is 4.03. The molecule has 0 heterocycles. The molecular formula is C60H110O6. The normalized spacial score (nSPS) is 12.2. The predicted octanol–water partition coefficient (Wildman–Crippen LogP) is 19.3. The maximum absolute atomic E-state index is 12.7. The van der Waals surface area contributed by atoms with Crippen molar-refractivity contribution in [1.29, 1.82) is 0 Å². The summed E-state index contributed by atoms with van der Waals surface area (Å²) in [4.78, 5) is 37.9. The number of carbonyl (C=O) groups is 3. The number of hydrogen-bond donors (Lipinski definition) is 0. The van der Waals surface area contributed by atoms with E-state index in [-0.39, 0.29) is 31.1 Å². The van der Waals surface area contributed by atoms with E-state index in [9.17, 15) is 14.4 Å². The summed E-state index contributed by atoms with van der Waals surface area (Å²) >= 11 is 0. The third-order valence-corrected chi connectivity index (χ3v) is 12.9. The molecule has 386 valence electrons. The summed E-state index contributed by atoms with van der Waals surface area (Å²) in [6, 6.07) is 0. The largest absolute Gasteiger partial charge is 0.462 e. The molecule has 66 heavy (non-hydrogen) atoms. The van der Waals surface area contributed by atoms with Crippen molar-refractivity contribution < 1.29 is 28.6 Å². The second kappa shape index (κ2) is 55.2. The minimum absolute atomic E-state index is 0.0675. The van der Waals surface area contributed by atoms with E-state index < -0.39 is 6.10 Å². The van der Waals surface area contributed by atoms with Crippen molar-refractivity contribution in [3.63, 3.8) is 0 Å². The first-order chi connectivity index (χ1) is 32.5. The summed E-state index contributed by atoms with van der Waals surface area (Å²) < 4.78 is 16.8. The molecule has 6 nitrogen and oxygen atoms in total. The molecule has 0 aliphatic carbocycles. The molecule has 0 aromatic heterocycles. The lowest BCUT2D eigenvalue weighted by molar-refractivity contribution is -0.167. The minimum Gasteiger partial charge on any atom is -0.462 e. The van der Waals surface area contributed by atoms with Gasteiger partial charge in [0.15, 0.2) is 6.10 Å². The molecular weight excluding hydrogens is 817 g/mol. The number of unbranched alkanes of at least 4 members (excludes halogenated alkanes) is 36. The number of carbonyl (C=O) groups excluding carboxylic acids is 3. The van der Waals surface area contributed by atoms with E-state index in [4.69, 9.17) is 14.2 Å². The molecule has 1 unspecified atom stereocenters. The fourth-order valence-corrected chi connectivity index (χ4v) is 8.51. The second-order valence-corrected chi connectivity index (χ2v) is 19.6. The van der Waals surface area contributed by atoms with Gasteiger partial charge in [0, 0.05) is 19.3 Å². The van der Waals surface area contributed by atoms with Crippen molar-refractivity contribution in [3.05, 3.63) is 36.5 Å². The van der Waals surface area contributed by atoms with Gasteiger partial charge in [0.25, 0.3) is 0 Å². The Kier molecular flexibility index (Phi) is 53.2. The lowest BCUT2D eigenvalue weighted by atomic mass is 10.0. The Morgan fingerprint density at radius 2 is 0.545 bits per heavy atom. The topological polar surface area (TPSA) is 78.9 Å². The van der Waals surface area contributed by atoms with Crippen molar-refractivity contribution >= 4 is 17.9 Å². The molecule has 0 radical (unpaired) electrons. The average molecular weight is 928 g/mol. The van der Waals surface area contributed by atoms with Gasteiger partial charge in [-0.15, -0.1) is 0 Å². The van der Waals surface area contributed by atoms with E-state index in [0.717, 1.165) is 70.6 Å². The summed E-state index contributed by atoms with van der Waals surface area (Å²) in [5.41, 5.74) is 0. The number of hydrogen-bond acceptors (Lipinski definition) is 6. The Hall–Kier alpha value is -2.37. The summed E-state index contributed by atoms with van der Waals surface area (Å²) in [5, 5.41) is 0. The summed E-state index contributed by atoms with van der Waals surface area (Å²) in [5.74, 6) is -0.859. The number of rotatable bonds is 53. The standard InChI is InChI=1S/C60H110O6/c1-4-7-10-13-16-19-21-22-23-24-25-26-27-28-29-30-31-32-33-34-35-36-37-38-40-41-44-47-50-53-59(62)65-56-57(55-64-58(61)52-49-46-43-18-15-12-9-6-3)66-60(63)54-51-48-45-42-39-20-17-14-11-8-5-2/h21-22,24-25,27-28,57H,4-20,23,26,29-56H2,1-3H3/b22-21-,25-24-,28-27-. The van der Waals surface area contributed by atoms with Gasteiger partial charge in [-0.25, -0.2) is 0 Å². The molecule has 0 saturated carbocycles. The molecule has 0 aliphatic heterocycles. The molecule has 0 fully saturated rings. The summed E-state index contributed by atoms with van der Waals surface area (Å²) in [6.45, 7) is 6.62. The zero-order valence-corrected chi connectivity index (χ0v) is 44.2. The van der Waals surface area contributed by atoms with Crippen molar-refractivity contribution in [2.75, 3.05) is 13.2 Å². The maximum Gasteiger partial charge on any atom is 0.306 e. The van der Waals surface area contributed by atoms with E-state index in [1.54, 1.807) is 0 Å². The zero-order valence-electron chi connectivity index (χ0n) is 44.2. The Bertz CT molecular complexity index is 1110. The summed E-state index contributed by atoms with van der Waals surface area (Å²) in [6.07, 6.45) is 65.9. The van der Waals surface area contributed by atoms with Gasteiger partial charge >= 0.3 is 17.9 Å². The highest BCUT2D eigenvalue weighted by molar-refractivity contribution is 5.71. The molecule has 0 aromatic rings. The molecule has 0 bridgehead atoms. The van der Waals surface area contributed by atoms with Gasteiger partial charge in [-0.05, 0) is 57.8 Å². The van der Waals surface area contributed by atoms with Crippen LogP contribution in [-0.2, 0) is 28.6 Å². The molecule has 0 aromatic carbocycles. The maximum atomic E-state index is 12.7. The first kappa shape index (κ1) is 63.6. The van der Waals surface area contributed by atoms with Crippen LogP contribution in [0, 0.1) is 0 Å². The Morgan fingerprint density at radius 3 is 0.848 bits per heavy atom. The average Bonchev–Trinajstić information content (AvgIpc) is 3.31. The van der Waals surface area contributed by atoms with Crippen molar-refractivity contribution in [2.45, 2.75) is 316 Å². The van der Waals surface area contributed by atoms with Crippen LogP contribution in [0.4, 0.5) is 0 Å². The van der Waals surface area contributed by atoms with Gasteiger partial charge in [-0.2, -0.15) is 0 Å². The van der Waals surface area contributed by atoms with Gasteiger partial charge in [0.2, 0.25) is 0 Å². The van der Waals surface area contributed by atoms with Gasteiger partial charge in [0.05, 0.1) is 0 Å². The van der Waals surface area contributed by atoms with E-state index in [2.05, 4.69) is 57.2 Å². The van der Waals surface area contributed by atoms with Gasteiger partial charge in [0.1, 0.15) is 13.2 Å². The monoisotopic (exact) mass is 927 g/mol. The van der Waals surface area contributed by atoms with E-state index in [1.807, 2.05) is 0 Å². The second-order valence-electron chi connectivity index (χ2n) is 19.6. The third-order valence-electron chi connectivity index (χ3n) is 12.9. The molecule has 0 saturated heterocycles. The highest BCUT2D eigenvalue weighted by Crippen LogP contribution is 2.16. The van der Waals surface area contributed by atoms with E-state index in [1.165, 1.54) is 199 Å². The van der Waals surface area contributed by atoms with E-state index >= 15 is 0 Å². The fraction of sp³-hybridized carbons (Fsp3) is 0.850. The first-order valence-corrected chi connectivity index (χ1v) is 29.0. The van der Waals surface area contributed by atoms with Crippen molar-refractivity contribution in [3.8, 4) is 0 Å². The molecule has 0 rings (SSSR count). The van der Waals surface area contributed by atoms with Crippen LogP contribution in [-0.4, -0.2) is 37.2 Å². The van der Waals surface area contributed by atoms with Crippen LogP contribution in [0.1, 0.15) is 310 Å². The van der Waals surface area contributed by atoms with Crippen molar-refractivity contribution in [1.82, 2.24) is 0 Å². The predicted molar refractivity (Wildman–Crippen MR) is 284 cm³/mol. The van der Waals surface area contributed by atoms with Crippen LogP contribution in [0.2, 0.25) is 0 Å². The fourth-order valence-electron chi connectivity index (χ4n) is 8.51. The SMILES string of the molecule is CCCCCCC/C=C\C/C=C\C/C=C\CCCCCCCCCCCCCCCCC(=O)OCC(COC(=O)CCCCCCCCCC)OC(=O)CCCCCCCCCCCCC. The van der Waals surface area contributed by atoms with Crippen LogP contribution in [0.15, 0.2) is 36.5 Å². The van der Waals surface area contributed by atoms with E-state index in [0.29, 0.717) is 19.3 Å². The lowest BCUT2D eigenvalue weighted by Gasteiger charge is -2.18. The molecule has 0 spiro atoms. The Morgan fingerprint density at radius 1 is 0.303 bits per heavy atom. The van der Waals surface area contributed by atoms with Crippen LogP contribution in [0.5, 0.6) is 0 Å². The highest BCUT2D eigenvalue weighted by Gasteiger charge is 2.19. The molecule has 0 amide bonds. The van der Waals surface area contributed by atoms with Gasteiger partial charge in [-0.3, -0.25) is 14.4 Å². The molecule has 1 atom stereocenters. The third kappa shape index (κ3) is 52.6. The van der Waals surface area contributed by atoms with Crippen LogP contribution in [0.25, 0.3) is 0 Å². The minimum atomic E-state index is -0.764. The van der Waals surface area contributed by atoms with Crippen LogP contribution >= 0.6 is 0 Å². The lowest BCUT2D eigenvalue weighted by Crippen LogP contribution is -2.30. The van der Waals surface area contributed by atoms with Gasteiger partial charge in [-0.1, -0.05) is 269 Å². The first-order valence-electron chi connectivity index (χ1n) is 29.0. The molecule has 6 heteroatoms.